The molecule has 0 fully saturated rings. The average molecular weight is 449 g/mol. The number of hydrogen-bond donors (Lipinski definition) is 2. The van der Waals surface area contributed by atoms with Gasteiger partial charge in [-0.05, 0) is 55.5 Å². The molecular formula is C20H21BrN2O3S. The molecule has 2 amide bonds. The van der Waals surface area contributed by atoms with Gasteiger partial charge in [0, 0.05) is 21.0 Å². The van der Waals surface area contributed by atoms with E-state index >= 15 is 0 Å². The third kappa shape index (κ3) is 4.59. The first-order valence-electron chi connectivity index (χ1n) is 8.76. The molecule has 2 aromatic rings. The van der Waals surface area contributed by atoms with E-state index < -0.39 is 5.91 Å². The minimum Gasteiger partial charge on any atom is -0.496 e. The lowest BCUT2D eigenvalue weighted by atomic mass is 10.1. The number of aryl methyl sites for hydroxylation is 1. The number of nitrogens with two attached hydrogens (primary N) is 1. The minimum absolute atomic E-state index is 0.309. The molecule has 1 aromatic carbocycles. The zero-order valence-corrected chi connectivity index (χ0v) is 17.4. The number of fused-ring (bicyclic) bond motifs is 1. The zero-order valence-electron chi connectivity index (χ0n) is 15.0. The maximum atomic E-state index is 12.4. The van der Waals surface area contributed by atoms with Gasteiger partial charge in [-0.1, -0.05) is 22.4 Å². The molecule has 142 valence electrons. The molecule has 0 bridgehead atoms. The number of benzene rings is 1. The van der Waals surface area contributed by atoms with Crippen molar-refractivity contribution in [1.29, 1.82) is 0 Å². The summed E-state index contributed by atoms with van der Waals surface area (Å²) in [6, 6.07) is 5.56. The van der Waals surface area contributed by atoms with Crippen molar-refractivity contribution >= 4 is 50.2 Å². The molecule has 0 saturated heterocycles. The zero-order chi connectivity index (χ0) is 19.4. The molecule has 1 aliphatic carbocycles. The second-order valence-electron chi connectivity index (χ2n) is 6.34. The fourth-order valence-corrected chi connectivity index (χ4v) is 4.92. The molecule has 3 N–H and O–H groups in total. The van der Waals surface area contributed by atoms with Crippen molar-refractivity contribution in [2.45, 2.75) is 32.1 Å². The highest BCUT2D eigenvalue weighted by atomic mass is 79.9. The number of carbonyl (C=O) groups is 2. The van der Waals surface area contributed by atoms with Gasteiger partial charge in [-0.2, -0.15) is 0 Å². The van der Waals surface area contributed by atoms with Crippen molar-refractivity contribution in [3.05, 3.63) is 50.3 Å². The van der Waals surface area contributed by atoms with E-state index in [1.165, 1.54) is 17.4 Å². The van der Waals surface area contributed by atoms with Crippen LogP contribution >= 0.6 is 27.3 Å². The maximum Gasteiger partial charge on any atom is 0.251 e. The first kappa shape index (κ1) is 19.6. The number of ether oxygens (including phenoxy) is 1. The lowest BCUT2D eigenvalue weighted by Crippen LogP contribution is -2.16. The number of amides is 2. The Morgan fingerprint density at radius 1 is 1.26 bits per heavy atom. The topological polar surface area (TPSA) is 81.4 Å². The van der Waals surface area contributed by atoms with Gasteiger partial charge < -0.3 is 15.8 Å². The smallest absolute Gasteiger partial charge is 0.251 e. The average Bonchev–Trinajstić information content (AvgIpc) is 2.81. The predicted molar refractivity (Wildman–Crippen MR) is 112 cm³/mol. The van der Waals surface area contributed by atoms with E-state index in [1.54, 1.807) is 13.2 Å². The number of anilines is 1. The van der Waals surface area contributed by atoms with E-state index in [2.05, 4.69) is 21.2 Å². The molecule has 0 atom stereocenters. The molecule has 0 aliphatic heterocycles. The van der Waals surface area contributed by atoms with E-state index in [1.807, 2.05) is 18.2 Å². The molecule has 1 aromatic heterocycles. The monoisotopic (exact) mass is 448 g/mol. The van der Waals surface area contributed by atoms with Crippen LogP contribution in [0.1, 0.15) is 45.6 Å². The molecule has 1 aliphatic rings. The molecule has 5 nitrogen and oxygen atoms in total. The van der Waals surface area contributed by atoms with Gasteiger partial charge in [-0.25, -0.2) is 0 Å². The molecule has 1 heterocycles. The fraction of sp³-hybridized carbons (Fsp3) is 0.300. The van der Waals surface area contributed by atoms with E-state index in [-0.39, 0.29) is 5.91 Å². The van der Waals surface area contributed by atoms with E-state index in [0.29, 0.717) is 16.3 Å². The Morgan fingerprint density at radius 3 is 2.78 bits per heavy atom. The summed E-state index contributed by atoms with van der Waals surface area (Å²) in [5.74, 6) is -0.124. The first-order valence-corrected chi connectivity index (χ1v) is 10.4. The number of rotatable bonds is 5. The molecule has 0 spiro atoms. The second-order valence-corrected chi connectivity index (χ2v) is 8.36. The van der Waals surface area contributed by atoms with Crippen LogP contribution in [0.5, 0.6) is 5.75 Å². The summed E-state index contributed by atoms with van der Waals surface area (Å²) in [6.07, 6.45) is 8.17. The molecule has 0 saturated carbocycles. The molecule has 3 rings (SSSR count). The van der Waals surface area contributed by atoms with Gasteiger partial charge in [-0.15, -0.1) is 11.3 Å². The van der Waals surface area contributed by atoms with Crippen molar-refractivity contribution < 1.29 is 14.3 Å². The Morgan fingerprint density at radius 2 is 2.04 bits per heavy atom. The van der Waals surface area contributed by atoms with Crippen LogP contribution in [0.2, 0.25) is 0 Å². The minimum atomic E-state index is -0.484. The number of thiophene rings is 1. The summed E-state index contributed by atoms with van der Waals surface area (Å²) in [4.78, 5) is 25.6. The number of hydrogen-bond acceptors (Lipinski definition) is 4. The number of primary amides is 1. The van der Waals surface area contributed by atoms with E-state index in [4.69, 9.17) is 10.5 Å². The molecule has 7 heteroatoms. The van der Waals surface area contributed by atoms with Crippen molar-refractivity contribution in [1.82, 2.24) is 0 Å². The van der Waals surface area contributed by atoms with Crippen LogP contribution in [-0.2, 0) is 17.6 Å². The van der Waals surface area contributed by atoms with Crippen LogP contribution in [0.4, 0.5) is 5.00 Å². The van der Waals surface area contributed by atoms with Crippen molar-refractivity contribution in [2.75, 3.05) is 12.4 Å². The standard InChI is InChI=1S/C20H21BrN2O3S/c1-26-15-9-8-13(21)11-12(15)7-10-17(24)23-20-18(19(22)25)14-5-3-2-4-6-16(14)27-20/h7-11H,2-6H2,1H3,(H2,22,25)(H,23,24)/b10-7+. The summed E-state index contributed by atoms with van der Waals surface area (Å²) in [5.41, 5.74) is 7.87. The highest BCUT2D eigenvalue weighted by molar-refractivity contribution is 9.10. The van der Waals surface area contributed by atoms with Crippen molar-refractivity contribution in [3.8, 4) is 5.75 Å². The van der Waals surface area contributed by atoms with Crippen molar-refractivity contribution in [2.24, 2.45) is 5.73 Å². The highest BCUT2D eigenvalue weighted by Gasteiger charge is 2.23. The Hall–Kier alpha value is -2.12. The van der Waals surface area contributed by atoms with Gasteiger partial charge in [-0.3, -0.25) is 9.59 Å². The van der Waals surface area contributed by atoms with Gasteiger partial charge in [0.25, 0.3) is 5.91 Å². The quantitative estimate of drug-likeness (QED) is 0.520. The van der Waals surface area contributed by atoms with Crippen LogP contribution in [0.15, 0.2) is 28.7 Å². The van der Waals surface area contributed by atoms with E-state index in [9.17, 15) is 9.59 Å². The van der Waals surface area contributed by atoms with Crippen LogP contribution in [0, 0.1) is 0 Å². The van der Waals surface area contributed by atoms with Crippen LogP contribution in [-0.4, -0.2) is 18.9 Å². The summed E-state index contributed by atoms with van der Waals surface area (Å²) in [6.45, 7) is 0. The lowest BCUT2D eigenvalue weighted by molar-refractivity contribution is -0.111. The third-order valence-corrected chi connectivity index (χ3v) is 6.21. The van der Waals surface area contributed by atoms with Gasteiger partial charge in [0.1, 0.15) is 10.8 Å². The van der Waals surface area contributed by atoms with Crippen molar-refractivity contribution in [3.63, 3.8) is 0 Å². The molecule has 0 radical (unpaired) electrons. The Balaban J connectivity index is 1.82. The first-order chi connectivity index (χ1) is 13.0. The number of carbonyl (C=O) groups excluding carboxylic acids is 2. The molecular weight excluding hydrogens is 428 g/mol. The third-order valence-electron chi connectivity index (χ3n) is 4.51. The summed E-state index contributed by atoms with van der Waals surface area (Å²) in [5, 5.41) is 3.38. The largest absolute Gasteiger partial charge is 0.496 e. The van der Waals surface area contributed by atoms with Crippen LogP contribution in [0.25, 0.3) is 6.08 Å². The number of halogens is 1. The Kier molecular flexibility index (Phi) is 6.34. The lowest BCUT2D eigenvalue weighted by Gasteiger charge is -2.06. The molecule has 27 heavy (non-hydrogen) atoms. The summed E-state index contributed by atoms with van der Waals surface area (Å²) in [7, 11) is 1.58. The number of nitrogens with one attached hydrogen (secondary N) is 1. The van der Waals surface area contributed by atoms with Crippen LogP contribution < -0.4 is 15.8 Å². The fourth-order valence-electron chi connectivity index (χ4n) is 3.25. The van der Waals surface area contributed by atoms with Gasteiger partial charge >= 0.3 is 0 Å². The Bertz CT molecular complexity index is 905. The SMILES string of the molecule is COc1ccc(Br)cc1/C=C/C(=O)Nc1sc2c(c1C(N)=O)CCCCC2. The highest BCUT2D eigenvalue weighted by Crippen LogP contribution is 2.37. The Labute approximate surface area is 170 Å². The second kappa shape index (κ2) is 8.71. The van der Waals surface area contributed by atoms with E-state index in [0.717, 1.165) is 52.6 Å². The summed E-state index contributed by atoms with van der Waals surface area (Å²) < 4.78 is 6.20. The van der Waals surface area contributed by atoms with Crippen LogP contribution in [0.3, 0.4) is 0 Å². The van der Waals surface area contributed by atoms with Gasteiger partial charge in [0.15, 0.2) is 0 Å². The summed E-state index contributed by atoms with van der Waals surface area (Å²) >= 11 is 4.88. The number of methoxy groups -OCH3 is 1. The normalized spacial score (nSPS) is 13.9. The predicted octanol–water partition coefficient (Wildman–Crippen LogP) is 4.54. The maximum absolute atomic E-state index is 12.4. The molecule has 0 unspecified atom stereocenters. The van der Waals surface area contributed by atoms with Gasteiger partial charge in [0.2, 0.25) is 5.91 Å². The van der Waals surface area contributed by atoms with Gasteiger partial charge in [0.05, 0.1) is 12.7 Å².